The first-order valence-electron chi connectivity index (χ1n) is 7.93. The maximum Gasteiger partial charge on any atom is 0.225 e. The zero-order chi connectivity index (χ0) is 15.7. The number of piperidine rings is 1. The van der Waals surface area contributed by atoms with Gasteiger partial charge in [-0.2, -0.15) is 0 Å². The molecule has 3 heterocycles. The summed E-state index contributed by atoms with van der Waals surface area (Å²) in [7, 11) is 0. The average molecular weight is 309 g/mol. The van der Waals surface area contributed by atoms with E-state index in [9.17, 15) is 5.11 Å². The van der Waals surface area contributed by atoms with Crippen LogP contribution in [0.15, 0.2) is 42.6 Å². The number of fused-ring (bicyclic) bond motifs is 1. The summed E-state index contributed by atoms with van der Waals surface area (Å²) in [5, 5.41) is 9.27. The first-order chi connectivity index (χ1) is 11.3. The molecule has 5 heteroatoms. The Balaban J connectivity index is 1.60. The molecule has 1 aromatic carbocycles. The Morgan fingerprint density at radius 1 is 1.26 bits per heavy atom. The van der Waals surface area contributed by atoms with Gasteiger partial charge in [-0.1, -0.05) is 24.3 Å². The molecule has 1 atom stereocenters. The van der Waals surface area contributed by atoms with E-state index in [-0.39, 0.29) is 12.2 Å². The highest BCUT2D eigenvalue weighted by molar-refractivity contribution is 5.61. The summed E-state index contributed by atoms with van der Waals surface area (Å²) in [5.74, 6) is 1.59. The highest BCUT2D eigenvalue weighted by Gasteiger charge is 2.38. The fourth-order valence-electron chi connectivity index (χ4n) is 3.27. The van der Waals surface area contributed by atoms with E-state index >= 15 is 0 Å². The van der Waals surface area contributed by atoms with Crippen molar-refractivity contribution >= 4 is 12.0 Å². The van der Waals surface area contributed by atoms with Crippen LogP contribution in [0.4, 0.5) is 5.95 Å². The number of ether oxygens (including phenoxy) is 1. The molecule has 1 fully saturated rings. The average Bonchev–Trinajstić information content (AvgIpc) is 2.62. The third-order valence-corrected chi connectivity index (χ3v) is 4.43. The zero-order valence-electron chi connectivity index (χ0n) is 12.9. The molecule has 0 unspecified atom stereocenters. The Morgan fingerprint density at radius 2 is 2.17 bits per heavy atom. The van der Waals surface area contributed by atoms with E-state index in [1.807, 2.05) is 18.2 Å². The minimum absolute atomic E-state index is 0.0711. The third kappa shape index (κ3) is 2.68. The number of para-hydroxylation sites is 1. The lowest BCUT2D eigenvalue weighted by Gasteiger charge is -2.42. The van der Waals surface area contributed by atoms with Crippen LogP contribution in [-0.4, -0.2) is 33.8 Å². The number of rotatable bonds is 2. The number of anilines is 1. The third-order valence-electron chi connectivity index (χ3n) is 4.43. The Morgan fingerprint density at radius 3 is 3.09 bits per heavy atom. The van der Waals surface area contributed by atoms with Crippen molar-refractivity contribution in [1.29, 1.82) is 0 Å². The number of benzene rings is 1. The minimum atomic E-state index is -0.328. The zero-order valence-corrected chi connectivity index (χ0v) is 12.9. The van der Waals surface area contributed by atoms with Gasteiger partial charge in [0, 0.05) is 18.3 Å². The Kier molecular flexibility index (Phi) is 3.50. The van der Waals surface area contributed by atoms with Crippen LogP contribution >= 0.6 is 0 Å². The van der Waals surface area contributed by atoms with Crippen LogP contribution in [0.25, 0.3) is 6.08 Å². The summed E-state index contributed by atoms with van der Waals surface area (Å²) in [6.07, 6.45) is 8.00. The molecule has 0 radical (unpaired) electrons. The van der Waals surface area contributed by atoms with Crippen molar-refractivity contribution in [2.45, 2.75) is 25.0 Å². The van der Waals surface area contributed by atoms with Gasteiger partial charge in [0.1, 0.15) is 11.4 Å². The molecule has 23 heavy (non-hydrogen) atoms. The number of hydrogen-bond donors (Lipinski definition) is 1. The molecule has 1 saturated heterocycles. The smallest absolute Gasteiger partial charge is 0.225 e. The number of hydrogen-bond acceptors (Lipinski definition) is 5. The van der Waals surface area contributed by atoms with Crippen LogP contribution in [0.3, 0.4) is 0 Å². The summed E-state index contributed by atoms with van der Waals surface area (Å²) in [4.78, 5) is 10.9. The van der Waals surface area contributed by atoms with Gasteiger partial charge in [-0.05, 0) is 31.1 Å². The SMILES string of the molecule is OCc1ccnc(N2CCC[C@@]3(C=Cc4ccccc4O3)C2)n1. The molecule has 1 N–H and O–H groups in total. The summed E-state index contributed by atoms with van der Waals surface area (Å²) in [6.45, 7) is 1.54. The van der Waals surface area contributed by atoms with Crippen molar-refractivity contribution in [3.63, 3.8) is 0 Å². The standard InChI is InChI=1S/C18H19N3O2/c22-12-15-7-10-19-17(20-15)21-11-3-8-18(13-21)9-6-14-4-1-2-5-16(14)23-18/h1-2,4-7,9-10,22H,3,8,11-13H2/t18-/m1/s1. The highest BCUT2D eigenvalue weighted by atomic mass is 16.5. The number of aliphatic hydroxyl groups excluding tert-OH is 1. The fraction of sp³-hybridized carbons (Fsp3) is 0.333. The van der Waals surface area contributed by atoms with Crippen molar-refractivity contribution in [2.24, 2.45) is 0 Å². The Hall–Kier alpha value is -2.40. The van der Waals surface area contributed by atoms with Gasteiger partial charge < -0.3 is 14.7 Å². The molecule has 2 aliphatic rings. The summed E-state index contributed by atoms with van der Waals surface area (Å²) >= 11 is 0. The summed E-state index contributed by atoms with van der Waals surface area (Å²) in [5.41, 5.74) is 1.43. The molecule has 1 aromatic heterocycles. The number of aromatic nitrogens is 2. The lowest BCUT2D eigenvalue weighted by Crippen LogP contribution is -2.52. The Labute approximate surface area is 135 Å². The van der Waals surface area contributed by atoms with Gasteiger partial charge in [0.05, 0.1) is 18.8 Å². The van der Waals surface area contributed by atoms with Crippen LogP contribution in [0.1, 0.15) is 24.1 Å². The van der Waals surface area contributed by atoms with E-state index in [2.05, 4.69) is 33.1 Å². The van der Waals surface area contributed by atoms with E-state index in [4.69, 9.17) is 4.74 Å². The molecule has 2 aliphatic heterocycles. The van der Waals surface area contributed by atoms with Crippen LogP contribution in [0, 0.1) is 0 Å². The molecule has 0 amide bonds. The molecule has 0 aliphatic carbocycles. The van der Waals surface area contributed by atoms with Gasteiger partial charge >= 0.3 is 0 Å². The van der Waals surface area contributed by atoms with E-state index < -0.39 is 0 Å². The topological polar surface area (TPSA) is 58.5 Å². The summed E-state index contributed by atoms with van der Waals surface area (Å²) < 4.78 is 6.34. The second kappa shape index (κ2) is 5.66. The Bertz CT molecular complexity index is 747. The second-order valence-electron chi connectivity index (χ2n) is 6.07. The molecule has 5 nitrogen and oxygen atoms in total. The molecule has 118 valence electrons. The minimum Gasteiger partial charge on any atom is -0.481 e. The van der Waals surface area contributed by atoms with Crippen molar-refractivity contribution in [2.75, 3.05) is 18.0 Å². The maximum atomic E-state index is 9.27. The van der Waals surface area contributed by atoms with Crippen LogP contribution in [-0.2, 0) is 6.61 Å². The normalized spacial score (nSPS) is 22.7. The highest BCUT2D eigenvalue weighted by Crippen LogP contribution is 2.36. The second-order valence-corrected chi connectivity index (χ2v) is 6.07. The number of aliphatic hydroxyl groups is 1. The molecule has 2 aromatic rings. The van der Waals surface area contributed by atoms with Crippen LogP contribution < -0.4 is 9.64 Å². The molecular weight excluding hydrogens is 290 g/mol. The van der Waals surface area contributed by atoms with Gasteiger partial charge in [0.15, 0.2) is 0 Å². The van der Waals surface area contributed by atoms with Crippen LogP contribution in [0.2, 0.25) is 0 Å². The van der Waals surface area contributed by atoms with Crippen molar-refractivity contribution in [3.8, 4) is 5.75 Å². The van der Waals surface area contributed by atoms with E-state index in [1.165, 1.54) is 0 Å². The quantitative estimate of drug-likeness (QED) is 0.923. The molecule has 4 rings (SSSR count). The van der Waals surface area contributed by atoms with Crippen molar-refractivity contribution < 1.29 is 9.84 Å². The van der Waals surface area contributed by atoms with Crippen molar-refractivity contribution in [1.82, 2.24) is 9.97 Å². The first kappa shape index (κ1) is 14.2. The van der Waals surface area contributed by atoms with Gasteiger partial charge in [-0.3, -0.25) is 0 Å². The van der Waals surface area contributed by atoms with Crippen LogP contribution in [0.5, 0.6) is 5.75 Å². The van der Waals surface area contributed by atoms with E-state index in [0.717, 1.165) is 30.7 Å². The van der Waals surface area contributed by atoms with Crippen molar-refractivity contribution in [3.05, 3.63) is 53.9 Å². The molecule has 0 bridgehead atoms. The molecule has 1 spiro atoms. The maximum absolute atomic E-state index is 9.27. The fourth-order valence-corrected chi connectivity index (χ4v) is 3.27. The van der Waals surface area contributed by atoms with Gasteiger partial charge in [-0.15, -0.1) is 0 Å². The lowest BCUT2D eigenvalue weighted by atomic mass is 9.89. The first-order valence-corrected chi connectivity index (χ1v) is 7.93. The van der Waals surface area contributed by atoms with E-state index in [0.29, 0.717) is 18.2 Å². The van der Waals surface area contributed by atoms with Gasteiger partial charge in [0.2, 0.25) is 5.95 Å². The van der Waals surface area contributed by atoms with Gasteiger partial charge in [-0.25, -0.2) is 9.97 Å². The lowest BCUT2D eigenvalue weighted by molar-refractivity contribution is 0.0981. The monoisotopic (exact) mass is 309 g/mol. The molecular formula is C18H19N3O2. The predicted molar refractivity (Wildman–Crippen MR) is 88.2 cm³/mol. The predicted octanol–water partition coefficient (Wildman–Crippen LogP) is 2.41. The largest absolute Gasteiger partial charge is 0.481 e. The van der Waals surface area contributed by atoms with E-state index in [1.54, 1.807) is 12.3 Å². The molecule has 0 saturated carbocycles. The van der Waals surface area contributed by atoms with Gasteiger partial charge in [0.25, 0.3) is 0 Å². The summed E-state index contributed by atoms with van der Waals surface area (Å²) in [6, 6.07) is 9.83. The number of nitrogens with zero attached hydrogens (tertiary/aromatic N) is 3.